The van der Waals surface area contributed by atoms with Gasteiger partial charge in [-0.15, -0.1) is 0 Å². The van der Waals surface area contributed by atoms with Crippen molar-refractivity contribution in [2.75, 3.05) is 19.7 Å². The van der Waals surface area contributed by atoms with E-state index in [1.807, 2.05) is 42.2 Å². The first-order chi connectivity index (χ1) is 14.2. The molecular formula is C25H28N2O2. The van der Waals surface area contributed by atoms with Gasteiger partial charge in [0.25, 0.3) is 5.91 Å². The van der Waals surface area contributed by atoms with Crippen LogP contribution >= 0.6 is 0 Å². The third-order valence-electron chi connectivity index (χ3n) is 5.86. The van der Waals surface area contributed by atoms with E-state index in [0.717, 1.165) is 54.6 Å². The number of likely N-dealkylation sites (tertiary alicyclic amines) is 1. The fourth-order valence-electron chi connectivity index (χ4n) is 4.17. The lowest BCUT2D eigenvalue weighted by molar-refractivity contribution is 0.0689. The Hall–Kier alpha value is -2.88. The largest absolute Gasteiger partial charge is 0.494 e. The Bertz CT molecular complexity index is 955. The van der Waals surface area contributed by atoms with E-state index in [2.05, 4.69) is 29.2 Å². The Morgan fingerprint density at radius 2 is 1.83 bits per heavy atom. The first kappa shape index (κ1) is 19.4. The molecule has 0 spiro atoms. The molecule has 0 radical (unpaired) electrons. The van der Waals surface area contributed by atoms with Gasteiger partial charge in [0, 0.05) is 24.7 Å². The first-order valence-electron chi connectivity index (χ1n) is 10.6. The minimum absolute atomic E-state index is 0.133. The highest BCUT2D eigenvalue weighted by Gasteiger charge is 2.24. The van der Waals surface area contributed by atoms with Crippen LogP contribution in [-0.2, 0) is 6.42 Å². The number of piperidine rings is 1. The molecule has 1 aliphatic heterocycles. The molecule has 150 valence electrons. The molecule has 1 aromatic heterocycles. The summed E-state index contributed by atoms with van der Waals surface area (Å²) in [7, 11) is 0. The van der Waals surface area contributed by atoms with E-state index in [-0.39, 0.29) is 5.91 Å². The highest BCUT2D eigenvalue weighted by Crippen LogP contribution is 2.25. The lowest BCUT2D eigenvalue weighted by Gasteiger charge is -2.32. The van der Waals surface area contributed by atoms with Crippen molar-refractivity contribution in [3.8, 4) is 5.75 Å². The molecule has 0 N–H and O–H groups in total. The lowest BCUT2D eigenvalue weighted by atomic mass is 9.90. The van der Waals surface area contributed by atoms with Crippen LogP contribution < -0.4 is 4.74 Å². The molecule has 2 heterocycles. The number of nitrogens with zero attached hydrogens (tertiary/aromatic N) is 2. The quantitative estimate of drug-likeness (QED) is 0.589. The average molecular weight is 389 g/mol. The highest BCUT2D eigenvalue weighted by atomic mass is 16.5. The summed E-state index contributed by atoms with van der Waals surface area (Å²) in [5.41, 5.74) is 3.00. The SMILES string of the molecule is CCOc1ccc(CCC2CCN(C(=O)c3ccnc4ccccc34)CC2)cc1. The summed E-state index contributed by atoms with van der Waals surface area (Å²) >= 11 is 0. The lowest BCUT2D eigenvalue weighted by Crippen LogP contribution is -2.38. The van der Waals surface area contributed by atoms with E-state index < -0.39 is 0 Å². The molecular weight excluding hydrogens is 360 g/mol. The second-order valence-corrected chi connectivity index (χ2v) is 7.73. The maximum Gasteiger partial charge on any atom is 0.254 e. The molecule has 4 rings (SSSR count). The van der Waals surface area contributed by atoms with Gasteiger partial charge >= 0.3 is 0 Å². The number of benzene rings is 2. The molecule has 4 nitrogen and oxygen atoms in total. The number of hydrogen-bond donors (Lipinski definition) is 0. The number of fused-ring (bicyclic) bond motifs is 1. The Kier molecular flexibility index (Phi) is 6.09. The maximum atomic E-state index is 13.1. The summed E-state index contributed by atoms with van der Waals surface area (Å²) in [6, 6.07) is 18.2. The van der Waals surface area contributed by atoms with Gasteiger partial charge in [0.1, 0.15) is 5.75 Å². The van der Waals surface area contributed by atoms with Gasteiger partial charge in [-0.05, 0) is 68.4 Å². The van der Waals surface area contributed by atoms with E-state index in [0.29, 0.717) is 12.5 Å². The number of amides is 1. The molecule has 1 saturated heterocycles. The number of carbonyl (C=O) groups excluding carboxylic acids is 1. The fourth-order valence-corrected chi connectivity index (χ4v) is 4.17. The zero-order valence-corrected chi connectivity index (χ0v) is 17.0. The van der Waals surface area contributed by atoms with Gasteiger partial charge in [0.15, 0.2) is 0 Å². The molecule has 0 bridgehead atoms. The average Bonchev–Trinajstić information content (AvgIpc) is 2.78. The molecule has 29 heavy (non-hydrogen) atoms. The second kappa shape index (κ2) is 9.08. The Balaban J connectivity index is 1.31. The van der Waals surface area contributed by atoms with Crippen LogP contribution in [0.15, 0.2) is 60.8 Å². The van der Waals surface area contributed by atoms with Gasteiger partial charge in [0.05, 0.1) is 17.7 Å². The summed E-state index contributed by atoms with van der Waals surface area (Å²) in [5.74, 6) is 1.75. The predicted molar refractivity (Wildman–Crippen MR) is 116 cm³/mol. The molecule has 0 aliphatic carbocycles. The zero-order valence-electron chi connectivity index (χ0n) is 17.0. The van der Waals surface area contributed by atoms with Crippen LogP contribution in [0.2, 0.25) is 0 Å². The van der Waals surface area contributed by atoms with Crippen molar-refractivity contribution in [3.63, 3.8) is 0 Å². The Labute approximate surface area is 172 Å². The van der Waals surface area contributed by atoms with Crippen molar-refractivity contribution in [1.82, 2.24) is 9.88 Å². The molecule has 1 fully saturated rings. The summed E-state index contributed by atoms with van der Waals surface area (Å²) in [6.07, 6.45) is 6.14. The Morgan fingerprint density at radius 3 is 2.59 bits per heavy atom. The van der Waals surface area contributed by atoms with Crippen LogP contribution in [0.5, 0.6) is 5.75 Å². The van der Waals surface area contributed by atoms with E-state index >= 15 is 0 Å². The molecule has 1 amide bonds. The number of rotatable bonds is 6. The van der Waals surface area contributed by atoms with E-state index in [9.17, 15) is 4.79 Å². The number of aromatic nitrogens is 1. The van der Waals surface area contributed by atoms with Gasteiger partial charge in [-0.2, -0.15) is 0 Å². The number of ether oxygens (including phenoxy) is 1. The number of carbonyl (C=O) groups is 1. The van der Waals surface area contributed by atoms with Crippen molar-refractivity contribution in [3.05, 3.63) is 71.9 Å². The van der Waals surface area contributed by atoms with E-state index in [1.54, 1.807) is 6.20 Å². The van der Waals surface area contributed by atoms with Crippen LogP contribution in [0.4, 0.5) is 0 Å². The van der Waals surface area contributed by atoms with Gasteiger partial charge in [-0.1, -0.05) is 30.3 Å². The van der Waals surface area contributed by atoms with Crippen LogP contribution in [0.1, 0.15) is 42.1 Å². The zero-order chi connectivity index (χ0) is 20.1. The summed E-state index contributed by atoms with van der Waals surface area (Å²) in [6.45, 7) is 4.38. The summed E-state index contributed by atoms with van der Waals surface area (Å²) < 4.78 is 5.51. The summed E-state index contributed by atoms with van der Waals surface area (Å²) in [5, 5.41) is 0.942. The van der Waals surface area contributed by atoms with Gasteiger partial charge < -0.3 is 9.64 Å². The maximum absolute atomic E-state index is 13.1. The van der Waals surface area contributed by atoms with Crippen LogP contribution in [-0.4, -0.2) is 35.5 Å². The second-order valence-electron chi connectivity index (χ2n) is 7.73. The van der Waals surface area contributed by atoms with Crippen molar-refractivity contribution in [1.29, 1.82) is 0 Å². The number of para-hydroxylation sites is 1. The van der Waals surface area contributed by atoms with Crippen LogP contribution in [0.25, 0.3) is 10.9 Å². The normalized spacial score (nSPS) is 14.9. The molecule has 2 aromatic carbocycles. The van der Waals surface area contributed by atoms with Crippen LogP contribution in [0.3, 0.4) is 0 Å². The minimum Gasteiger partial charge on any atom is -0.494 e. The standard InChI is InChI=1S/C25H28N2O2/c1-2-29-21-11-9-19(10-12-21)7-8-20-14-17-27(18-15-20)25(28)23-13-16-26-24-6-4-3-5-22(23)24/h3-6,9-13,16,20H,2,7-8,14-15,17-18H2,1H3. The third kappa shape index (κ3) is 4.58. The van der Waals surface area contributed by atoms with Crippen molar-refractivity contribution in [2.24, 2.45) is 5.92 Å². The Morgan fingerprint density at radius 1 is 1.07 bits per heavy atom. The van der Waals surface area contributed by atoms with Gasteiger partial charge in [-0.3, -0.25) is 9.78 Å². The molecule has 3 aromatic rings. The van der Waals surface area contributed by atoms with Gasteiger partial charge in [-0.25, -0.2) is 0 Å². The smallest absolute Gasteiger partial charge is 0.254 e. The number of aryl methyl sites for hydroxylation is 1. The van der Waals surface area contributed by atoms with E-state index in [1.165, 1.54) is 12.0 Å². The monoisotopic (exact) mass is 388 g/mol. The predicted octanol–water partition coefficient (Wildman–Crippen LogP) is 5.12. The van der Waals surface area contributed by atoms with Crippen molar-refractivity contribution in [2.45, 2.75) is 32.6 Å². The third-order valence-corrected chi connectivity index (χ3v) is 5.86. The molecule has 0 atom stereocenters. The first-order valence-corrected chi connectivity index (χ1v) is 10.6. The van der Waals surface area contributed by atoms with Crippen molar-refractivity contribution < 1.29 is 9.53 Å². The fraction of sp³-hybridized carbons (Fsp3) is 0.360. The van der Waals surface area contributed by atoms with Gasteiger partial charge in [0.2, 0.25) is 0 Å². The highest BCUT2D eigenvalue weighted by molar-refractivity contribution is 6.05. The molecule has 4 heteroatoms. The minimum atomic E-state index is 0.133. The number of pyridine rings is 1. The molecule has 0 saturated carbocycles. The van der Waals surface area contributed by atoms with E-state index in [4.69, 9.17) is 4.74 Å². The molecule has 1 aliphatic rings. The topological polar surface area (TPSA) is 42.4 Å². The van der Waals surface area contributed by atoms with Crippen LogP contribution in [0, 0.1) is 5.92 Å². The molecule has 0 unspecified atom stereocenters. The number of hydrogen-bond acceptors (Lipinski definition) is 3. The summed E-state index contributed by atoms with van der Waals surface area (Å²) in [4.78, 5) is 19.5. The van der Waals surface area contributed by atoms with Crippen molar-refractivity contribution >= 4 is 16.8 Å².